The molecule has 0 aliphatic carbocycles. The summed E-state index contributed by atoms with van der Waals surface area (Å²) in [5.41, 5.74) is 4.48. The smallest absolute Gasteiger partial charge is 0.264 e. The molecule has 3 aromatic rings. The maximum atomic E-state index is 13.3. The van der Waals surface area contributed by atoms with Crippen molar-refractivity contribution in [3.8, 4) is 5.75 Å². The fourth-order valence-electron chi connectivity index (χ4n) is 3.92. The van der Waals surface area contributed by atoms with E-state index in [0.717, 1.165) is 29.5 Å². The number of hydrogen-bond donors (Lipinski definition) is 1. The summed E-state index contributed by atoms with van der Waals surface area (Å²) in [4.78, 5) is 12.4. The van der Waals surface area contributed by atoms with E-state index in [1.807, 2.05) is 56.3 Å². The van der Waals surface area contributed by atoms with Crippen LogP contribution < -0.4 is 14.4 Å². The molecule has 33 heavy (non-hydrogen) atoms. The Kier molecular flexibility index (Phi) is 6.63. The van der Waals surface area contributed by atoms with E-state index in [2.05, 4.69) is 5.32 Å². The Morgan fingerprint density at radius 2 is 1.88 bits per heavy atom. The molecule has 1 amide bonds. The first-order valence-electron chi connectivity index (χ1n) is 10.7. The predicted molar refractivity (Wildman–Crippen MR) is 131 cm³/mol. The Morgan fingerprint density at radius 1 is 1.09 bits per heavy atom. The number of benzene rings is 3. The van der Waals surface area contributed by atoms with Gasteiger partial charge in [-0.3, -0.25) is 9.10 Å². The summed E-state index contributed by atoms with van der Waals surface area (Å²) < 4.78 is 33.6. The van der Waals surface area contributed by atoms with Crippen molar-refractivity contribution in [2.45, 2.75) is 31.6 Å². The van der Waals surface area contributed by atoms with E-state index in [-0.39, 0.29) is 28.2 Å². The van der Waals surface area contributed by atoms with Gasteiger partial charge in [-0.1, -0.05) is 47.5 Å². The highest BCUT2D eigenvalue weighted by molar-refractivity contribution is 7.92. The zero-order valence-electron chi connectivity index (χ0n) is 18.5. The van der Waals surface area contributed by atoms with E-state index in [4.69, 9.17) is 16.3 Å². The molecular weight excluding hydrogens is 460 g/mol. The van der Waals surface area contributed by atoms with Gasteiger partial charge in [0.25, 0.3) is 15.9 Å². The van der Waals surface area contributed by atoms with Crippen LogP contribution in [0.5, 0.6) is 5.75 Å². The van der Waals surface area contributed by atoms with Crippen LogP contribution in [0.4, 0.5) is 11.4 Å². The molecule has 0 saturated carbocycles. The zero-order valence-corrected chi connectivity index (χ0v) is 20.0. The molecule has 1 aliphatic rings. The second kappa shape index (κ2) is 9.45. The molecule has 0 radical (unpaired) electrons. The molecule has 3 aromatic carbocycles. The number of carbonyl (C=O) groups excluding carboxylic acids is 1. The predicted octanol–water partition coefficient (Wildman–Crippen LogP) is 5.12. The molecule has 0 fully saturated rings. The number of para-hydroxylation sites is 1. The summed E-state index contributed by atoms with van der Waals surface area (Å²) in [5, 5.41) is 2.93. The van der Waals surface area contributed by atoms with Crippen LogP contribution in [-0.2, 0) is 21.2 Å². The van der Waals surface area contributed by atoms with Crippen molar-refractivity contribution in [2.75, 3.05) is 22.8 Å². The maximum Gasteiger partial charge on any atom is 0.264 e. The molecule has 1 aliphatic heterocycles. The van der Waals surface area contributed by atoms with Gasteiger partial charge in [0.15, 0.2) is 6.61 Å². The molecule has 6 nitrogen and oxygen atoms in total. The molecule has 8 heteroatoms. The Labute approximate surface area is 199 Å². The lowest BCUT2D eigenvalue weighted by atomic mass is 10.0. The van der Waals surface area contributed by atoms with E-state index in [1.165, 1.54) is 22.5 Å². The fraction of sp³-hybridized carbons (Fsp3) is 0.240. The van der Waals surface area contributed by atoms with Gasteiger partial charge in [0.05, 0.1) is 15.6 Å². The van der Waals surface area contributed by atoms with E-state index in [1.54, 1.807) is 0 Å². The van der Waals surface area contributed by atoms with Gasteiger partial charge < -0.3 is 10.1 Å². The zero-order chi connectivity index (χ0) is 23.6. The third-order valence-corrected chi connectivity index (χ3v) is 7.68. The van der Waals surface area contributed by atoms with Crippen LogP contribution in [0.15, 0.2) is 65.6 Å². The third-order valence-electron chi connectivity index (χ3n) is 5.57. The van der Waals surface area contributed by atoms with Crippen molar-refractivity contribution in [3.63, 3.8) is 0 Å². The van der Waals surface area contributed by atoms with Crippen molar-refractivity contribution in [1.29, 1.82) is 0 Å². The van der Waals surface area contributed by atoms with E-state index in [9.17, 15) is 13.2 Å². The summed E-state index contributed by atoms with van der Waals surface area (Å²) in [6, 6.07) is 17.6. The standard InChI is InChI=1S/C25H25ClN2O4S/c1-17-9-11-22(18(2)14-17)27-25(29)16-32-24-12-10-20(15-21(24)26)33(30,31)28-13-5-7-19-6-3-4-8-23(19)28/h3-4,6,8-12,14-15H,5,7,13,16H2,1-2H3,(H,27,29). The maximum absolute atomic E-state index is 13.3. The van der Waals surface area contributed by atoms with Crippen molar-refractivity contribution in [3.05, 3.63) is 82.4 Å². The van der Waals surface area contributed by atoms with Gasteiger partial charge >= 0.3 is 0 Å². The normalized spacial score (nSPS) is 13.4. The summed E-state index contributed by atoms with van der Waals surface area (Å²) >= 11 is 6.32. The molecule has 4 rings (SSSR count). The molecule has 0 spiro atoms. The lowest BCUT2D eigenvalue weighted by Crippen LogP contribution is -2.35. The first-order valence-corrected chi connectivity index (χ1v) is 12.5. The number of ether oxygens (including phenoxy) is 1. The monoisotopic (exact) mass is 484 g/mol. The van der Waals surface area contributed by atoms with Gasteiger partial charge in [0, 0.05) is 12.2 Å². The van der Waals surface area contributed by atoms with Crippen LogP contribution in [0.2, 0.25) is 5.02 Å². The Bertz CT molecular complexity index is 1310. The molecule has 0 atom stereocenters. The minimum absolute atomic E-state index is 0.0799. The SMILES string of the molecule is Cc1ccc(NC(=O)COc2ccc(S(=O)(=O)N3CCCc4ccccc43)cc2Cl)c(C)c1. The van der Waals surface area contributed by atoms with Crippen LogP contribution in [0.25, 0.3) is 0 Å². The highest BCUT2D eigenvalue weighted by atomic mass is 35.5. The quantitative estimate of drug-likeness (QED) is 0.527. The highest BCUT2D eigenvalue weighted by Gasteiger charge is 2.29. The lowest BCUT2D eigenvalue weighted by molar-refractivity contribution is -0.118. The van der Waals surface area contributed by atoms with Gasteiger partial charge in [-0.2, -0.15) is 0 Å². The summed E-state index contributed by atoms with van der Waals surface area (Å²) in [6.07, 6.45) is 1.60. The van der Waals surface area contributed by atoms with Crippen molar-refractivity contribution in [1.82, 2.24) is 0 Å². The molecule has 0 bridgehead atoms. The van der Waals surface area contributed by atoms with Gasteiger partial charge in [0.1, 0.15) is 5.75 Å². The number of amides is 1. The number of nitrogens with zero attached hydrogens (tertiary/aromatic N) is 1. The van der Waals surface area contributed by atoms with Crippen LogP contribution in [0, 0.1) is 13.8 Å². The highest BCUT2D eigenvalue weighted by Crippen LogP contribution is 2.34. The summed E-state index contributed by atoms with van der Waals surface area (Å²) in [6.45, 7) is 4.06. The largest absolute Gasteiger partial charge is 0.482 e. The second-order valence-corrected chi connectivity index (χ2v) is 10.3. The molecule has 0 unspecified atom stereocenters. The molecule has 0 saturated heterocycles. The Balaban J connectivity index is 1.46. The number of hydrogen-bond acceptors (Lipinski definition) is 4. The first-order chi connectivity index (χ1) is 15.8. The summed E-state index contributed by atoms with van der Waals surface area (Å²) in [5.74, 6) is -0.0925. The average Bonchev–Trinajstić information content (AvgIpc) is 2.79. The number of sulfonamides is 1. The average molecular weight is 485 g/mol. The topological polar surface area (TPSA) is 75.7 Å². The Hall–Kier alpha value is -3.03. The molecule has 1 heterocycles. The van der Waals surface area contributed by atoms with Crippen LogP contribution in [-0.4, -0.2) is 27.5 Å². The van der Waals surface area contributed by atoms with Gasteiger partial charge in [-0.25, -0.2) is 8.42 Å². The second-order valence-electron chi connectivity index (χ2n) is 8.06. The number of nitrogens with one attached hydrogen (secondary N) is 1. The number of carbonyl (C=O) groups is 1. The van der Waals surface area contributed by atoms with Crippen molar-refractivity contribution < 1.29 is 17.9 Å². The third kappa shape index (κ3) is 4.99. The number of rotatable bonds is 6. The lowest BCUT2D eigenvalue weighted by Gasteiger charge is -2.30. The minimum Gasteiger partial charge on any atom is -0.482 e. The fourth-order valence-corrected chi connectivity index (χ4v) is 5.79. The van der Waals surface area contributed by atoms with Crippen molar-refractivity contribution in [2.24, 2.45) is 0 Å². The minimum atomic E-state index is -3.78. The van der Waals surface area contributed by atoms with Gasteiger partial charge in [0.2, 0.25) is 0 Å². The number of aryl methyl sites for hydroxylation is 3. The molecule has 0 aromatic heterocycles. The number of fused-ring (bicyclic) bond motifs is 1. The number of anilines is 2. The van der Waals surface area contributed by atoms with Gasteiger partial charge in [-0.05, 0) is 68.1 Å². The number of halogens is 1. The van der Waals surface area contributed by atoms with Crippen molar-refractivity contribution >= 4 is 38.9 Å². The van der Waals surface area contributed by atoms with E-state index >= 15 is 0 Å². The molecule has 172 valence electrons. The van der Waals surface area contributed by atoms with Gasteiger partial charge in [-0.15, -0.1) is 0 Å². The summed E-state index contributed by atoms with van der Waals surface area (Å²) in [7, 11) is -3.78. The van der Waals surface area contributed by atoms with Crippen LogP contribution in [0.3, 0.4) is 0 Å². The van der Waals surface area contributed by atoms with E-state index < -0.39 is 10.0 Å². The Morgan fingerprint density at radius 3 is 2.64 bits per heavy atom. The molecule has 1 N–H and O–H groups in total. The molecular formula is C25H25ClN2O4S. The van der Waals surface area contributed by atoms with E-state index in [0.29, 0.717) is 17.9 Å². The van der Waals surface area contributed by atoms with Crippen LogP contribution in [0.1, 0.15) is 23.1 Å². The first kappa shape index (κ1) is 23.1. The van der Waals surface area contributed by atoms with Crippen LogP contribution >= 0.6 is 11.6 Å².